The quantitative estimate of drug-likeness (QED) is 0.767. The third-order valence-electron chi connectivity index (χ3n) is 4.72. The van der Waals surface area contributed by atoms with Crippen LogP contribution in [0, 0.1) is 0 Å². The van der Waals surface area contributed by atoms with E-state index in [1.165, 1.54) is 0 Å². The van der Waals surface area contributed by atoms with E-state index in [2.05, 4.69) is 4.90 Å². The molecule has 6 heteroatoms. The molecule has 2 saturated heterocycles. The molecule has 0 saturated carbocycles. The van der Waals surface area contributed by atoms with Crippen molar-refractivity contribution in [1.82, 2.24) is 14.7 Å². The Hall–Kier alpha value is -1.85. The van der Waals surface area contributed by atoms with Crippen molar-refractivity contribution in [1.29, 1.82) is 0 Å². The Morgan fingerprint density at radius 1 is 0.880 bits per heavy atom. The van der Waals surface area contributed by atoms with Crippen LogP contribution in [-0.4, -0.2) is 72.3 Å². The first kappa shape index (κ1) is 19.5. The second kappa shape index (κ2) is 9.59. The molecule has 2 fully saturated rings. The van der Waals surface area contributed by atoms with Gasteiger partial charge >= 0.3 is 0 Å². The highest BCUT2D eigenvalue weighted by molar-refractivity contribution is 5.91. The molecule has 0 atom stereocenters. The number of piperazine rings is 1. The Morgan fingerprint density at radius 3 is 2.16 bits per heavy atom. The maximum atomic E-state index is 12.3. The third-order valence-corrected chi connectivity index (χ3v) is 4.72. The van der Waals surface area contributed by atoms with Gasteiger partial charge in [-0.3, -0.25) is 14.5 Å². The molecule has 0 aromatic heterocycles. The van der Waals surface area contributed by atoms with Crippen LogP contribution in [0.2, 0.25) is 0 Å². The number of rotatable bonds is 4. The molecule has 2 aliphatic rings. The molecular formula is C19H26ClN3O2. The number of nitrogens with zero attached hydrogens (tertiary/aromatic N) is 3. The van der Waals surface area contributed by atoms with E-state index in [9.17, 15) is 9.59 Å². The Balaban J connectivity index is 0.00000225. The van der Waals surface area contributed by atoms with Gasteiger partial charge in [-0.2, -0.15) is 0 Å². The predicted molar refractivity (Wildman–Crippen MR) is 102 cm³/mol. The van der Waals surface area contributed by atoms with Crippen molar-refractivity contribution in [3.8, 4) is 0 Å². The second-order valence-corrected chi connectivity index (χ2v) is 6.43. The van der Waals surface area contributed by atoms with Crippen LogP contribution in [0.3, 0.4) is 0 Å². The predicted octanol–water partition coefficient (Wildman–Crippen LogP) is 1.89. The van der Waals surface area contributed by atoms with Crippen molar-refractivity contribution >= 4 is 30.3 Å². The zero-order valence-electron chi connectivity index (χ0n) is 14.5. The number of hydrogen-bond donors (Lipinski definition) is 0. The molecule has 0 N–H and O–H groups in total. The van der Waals surface area contributed by atoms with Gasteiger partial charge in [-0.05, 0) is 24.5 Å². The summed E-state index contributed by atoms with van der Waals surface area (Å²) in [5.41, 5.74) is 1.03. The molecule has 2 aliphatic heterocycles. The van der Waals surface area contributed by atoms with Crippen LogP contribution in [0.1, 0.15) is 18.4 Å². The summed E-state index contributed by atoms with van der Waals surface area (Å²) in [6, 6.07) is 9.83. The van der Waals surface area contributed by atoms with Crippen LogP contribution in [0.4, 0.5) is 0 Å². The van der Waals surface area contributed by atoms with E-state index in [-0.39, 0.29) is 24.2 Å². The van der Waals surface area contributed by atoms with Crippen molar-refractivity contribution in [2.75, 3.05) is 45.8 Å². The van der Waals surface area contributed by atoms with Crippen molar-refractivity contribution in [2.24, 2.45) is 0 Å². The van der Waals surface area contributed by atoms with E-state index in [1.54, 1.807) is 6.08 Å². The number of hydrogen-bond acceptors (Lipinski definition) is 3. The monoisotopic (exact) mass is 363 g/mol. The van der Waals surface area contributed by atoms with Gasteiger partial charge in [0, 0.05) is 45.3 Å². The van der Waals surface area contributed by atoms with Crippen molar-refractivity contribution in [3.05, 3.63) is 42.0 Å². The van der Waals surface area contributed by atoms with Gasteiger partial charge in [0.2, 0.25) is 11.8 Å². The zero-order chi connectivity index (χ0) is 16.8. The number of benzene rings is 1. The molecule has 3 rings (SSSR count). The summed E-state index contributed by atoms with van der Waals surface area (Å²) >= 11 is 0. The minimum Gasteiger partial charge on any atom is -0.342 e. The van der Waals surface area contributed by atoms with Crippen LogP contribution in [-0.2, 0) is 9.59 Å². The fourth-order valence-corrected chi connectivity index (χ4v) is 3.22. The van der Waals surface area contributed by atoms with Gasteiger partial charge in [0.1, 0.15) is 0 Å². The molecule has 0 radical (unpaired) electrons. The topological polar surface area (TPSA) is 43.9 Å². The molecule has 1 aromatic rings. The molecular weight excluding hydrogens is 338 g/mol. The van der Waals surface area contributed by atoms with Crippen LogP contribution >= 0.6 is 12.4 Å². The zero-order valence-corrected chi connectivity index (χ0v) is 15.3. The van der Waals surface area contributed by atoms with Gasteiger partial charge in [-0.15, -0.1) is 12.4 Å². The molecule has 136 valence electrons. The van der Waals surface area contributed by atoms with E-state index in [1.807, 2.05) is 46.2 Å². The minimum absolute atomic E-state index is 0. The van der Waals surface area contributed by atoms with Crippen molar-refractivity contribution < 1.29 is 9.59 Å². The number of likely N-dealkylation sites (tertiary alicyclic amines) is 1. The Kier molecular flexibility index (Phi) is 7.47. The lowest BCUT2D eigenvalue weighted by Crippen LogP contribution is -2.51. The summed E-state index contributed by atoms with van der Waals surface area (Å²) in [6.07, 6.45) is 5.75. The molecule has 2 amide bonds. The van der Waals surface area contributed by atoms with Gasteiger partial charge in [-0.25, -0.2) is 0 Å². The van der Waals surface area contributed by atoms with Gasteiger partial charge in [0.25, 0.3) is 0 Å². The average Bonchev–Trinajstić information content (AvgIpc) is 3.16. The summed E-state index contributed by atoms with van der Waals surface area (Å²) in [7, 11) is 0. The smallest absolute Gasteiger partial charge is 0.246 e. The SMILES string of the molecule is Cl.O=C(/C=C/c1ccccc1)N1CCN(CC(=O)N2CCCC2)CC1. The second-order valence-electron chi connectivity index (χ2n) is 6.43. The largest absolute Gasteiger partial charge is 0.342 e. The highest BCUT2D eigenvalue weighted by Gasteiger charge is 2.24. The first-order valence-electron chi connectivity index (χ1n) is 8.74. The number of halogens is 1. The number of carbonyl (C=O) groups is 2. The van der Waals surface area contributed by atoms with Crippen LogP contribution in [0.5, 0.6) is 0 Å². The van der Waals surface area contributed by atoms with Gasteiger partial charge < -0.3 is 9.80 Å². The molecule has 1 aromatic carbocycles. The molecule has 0 bridgehead atoms. The first-order valence-corrected chi connectivity index (χ1v) is 8.74. The fraction of sp³-hybridized carbons (Fsp3) is 0.474. The van der Waals surface area contributed by atoms with E-state index in [0.29, 0.717) is 19.6 Å². The van der Waals surface area contributed by atoms with Crippen molar-refractivity contribution in [3.63, 3.8) is 0 Å². The average molecular weight is 364 g/mol. The highest BCUT2D eigenvalue weighted by atomic mass is 35.5. The summed E-state index contributed by atoms with van der Waals surface area (Å²) < 4.78 is 0. The van der Waals surface area contributed by atoms with E-state index in [4.69, 9.17) is 0 Å². The van der Waals surface area contributed by atoms with E-state index < -0.39 is 0 Å². The standard InChI is InChI=1S/C19H25N3O2.ClH/c23-18(9-8-17-6-2-1-3-7-17)22-14-12-20(13-15-22)16-19(24)21-10-4-5-11-21;/h1-3,6-9H,4-5,10-16H2;1H/b9-8+;. The lowest BCUT2D eigenvalue weighted by molar-refractivity contribution is -0.132. The van der Waals surface area contributed by atoms with Crippen LogP contribution < -0.4 is 0 Å². The third kappa shape index (κ3) is 5.58. The molecule has 0 unspecified atom stereocenters. The summed E-state index contributed by atoms with van der Waals surface area (Å²) in [6.45, 7) is 5.20. The van der Waals surface area contributed by atoms with Crippen LogP contribution in [0.15, 0.2) is 36.4 Å². The van der Waals surface area contributed by atoms with Gasteiger partial charge in [0.05, 0.1) is 6.54 Å². The first-order chi connectivity index (χ1) is 11.7. The molecule has 0 spiro atoms. The van der Waals surface area contributed by atoms with E-state index >= 15 is 0 Å². The Bertz CT molecular complexity index is 592. The maximum Gasteiger partial charge on any atom is 0.246 e. The minimum atomic E-state index is 0. The fourth-order valence-electron chi connectivity index (χ4n) is 3.22. The number of amides is 2. The van der Waals surface area contributed by atoms with Crippen molar-refractivity contribution in [2.45, 2.75) is 12.8 Å². The maximum absolute atomic E-state index is 12.3. The number of carbonyl (C=O) groups excluding carboxylic acids is 2. The molecule has 0 aliphatic carbocycles. The Morgan fingerprint density at radius 2 is 1.52 bits per heavy atom. The molecule has 25 heavy (non-hydrogen) atoms. The molecule has 2 heterocycles. The lowest BCUT2D eigenvalue weighted by Gasteiger charge is -2.34. The van der Waals surface area contributed by atoms with Gasteiger partial charge in [-0.1, -0.05) is 30.3 Å². The summed E-state index contributed by atoms with van der Waals surface area (Å²) in [5, 5.41) is 0. The normalized spacial score (nSPS) is 18.4. The van der Waals surface area contributed by atoms with Crippen LogP contribution in [0.25, 0.3) is 6.08 Å². The summed E-state index contributed by atoms with van der Waals surface area (Å²) in [5.74, 6) is 0.278. The highest BCUT2D eigenvalue weighted by Crippen LogP contribution is 2.10. The van der Waals surface area contributed by atoms with Gasteiger partial charge in [0.15, 0.2) is 0 Å². The Labute approximate surface area is 155 Å². The lowest BCUT2D eigenvalue weighted by atomic mass is 10.2. The van der Waals surface area contributed by atoms with E-state index in [0.717, 1.165) is 44.6 Å². The summed E-state index contributed by atoms with van der Waals surface area (Å²) in [4.78, 5) is 30.4. The molecule has 5 nitrogen and oxygen atoms in total.